The van der Waals surface area contributed by atoms with E-state index in [2.05, 4.69) is 34.0 Å². The summed E-state index contributed by atoms with van der Waals surface area (Å²) >= 11 is 0. The number of hydrogen-bond acceptors (Lipinski definition) is 4. The number of piperidine rings is 1. The lowest BCUT2D eigenvalue weighted by molar-refractivity contribution is 0.0892. The molecule has 0 amide bonds. The number of imidazole rings is 1. The maximum Gasteiger partial charge on any atom is 0.323 e. The molecular formula is C18H28N4O2. The molecule has 2 unspecified atom stereocenters. The van der Waals surface area contributed by atoms with Gasteiger partial charge in [-0.05, 0) is 56.5 Å². The van der Waals surface area contributed by atoms with Crippen molar-refractivity contribution < 1.29 is 5.11 Å². The maximum absolute atomic E-state index is 11.3. The van der Waals surface area contributed by atoms with Gasteiger partial charge in [0.2, 0.25) is 0 Å². The molecule has 132 valence electrons. The Bertz CT molecular complexity index is 715. The van der Waals surface area contributed by atoms with Crippen LogP contribution in [0.3, 0.4) is 0 Å². The van der Waals surface area contributed by atoms with Crippen LogP contribution in [-0.2, 0) is 0 Å². The Morgan fingerprint density at radius 1 is 1.29 bits per heavy atom. The normalized spacial score (nSPS) is 19.6. The molecule has 2 heterocycles. The average Bonchev–Trinajstić information content (AvgIpc) is 2.94. The Balaban J connectivity index is 1.50. The van der Waals surface area contributed by atoms with Gasteiger partial charge in [-0.3, -0.25) is 0 Å². The van der Waals surface area contributed by atoms with Crippen molar-refractivity contribution >= 4 is 11.0 Å². The number of nitrogens with one attached hydrogen (secondary N) is 3. The van der Waals surface area contributed by atoms with Gasteiger partial charge in [0.1, 0.15) is 0 Å². The van der Waals surface area contributed by atoms with E-state index in [1.807, 2.05) is 18.2 Å². The van der Waals surface area contributed by atoms with Crippen molar-refractivity contribution in [2.45, 2.75) is 38.8 Å². The highest BCUT2D eigenvalue weighted by Gasteiger charge is 2.18. The lowest BCUT2D eigenvalue weighted by atomic mass is 9.99. The van der Waals surface area contributed by atoms with Crippen LogP contribution in [0.2, 0.25) is 0 Å². The minimum absolute atomic E-state index is 0.115. The molecule has 1 aliphatic rings. The molecule has 0 saturated carbocycles. The molecule has 0 bridgehead atoms. The summed E-state index contributed by atoms with van der Waals surface area (Å²) in [5, 5.41) is 13.7. The summed E-state index contributed by atoms with van der Waals surface area (Å²) < 4.78 is 0. The highest BCUT2D eigenvalue weighted by Crippen LogP contribution is 2.18. The second-order valence-electron chi connectivity index (χ2n) is 7.15. The zero-order valence-electron chi connectivity index (χ0n) is 14.5. The van der Waals surface area contributed by atoms with Crippen LogP contribution in [-0.4, -0.2) is 52.3 Å². The Morgan fingerprint density at radius 3 is 2.75 bits per heavy atom. The number of hydrogen-bond donors (Lipinski definition) is 4. The fourth-order valence-corrected chi connectivity index (χ4v) is 3.36. The van der Waals surface area contributed by atoms with Gasteiger partial charge in [0.05, 0.1) is 17.1 Å². The minimum Gasteiger partial charge on any atom is -0.390 e. The summed E-state index contributed by atoms with van der Waals surface area (Å²) in [4.78, 5) is 19.2. The van der Waals surface area contributed by atoms with Crippen molar-refractivity contribution in [1.29, 1.82) is 0 Å². The fourth-order valence-electron chi connectivity index (χ4n) is 3.36. The van der Waals surface area contributed by atoms with Crippen LogP contribution in [0.4, 0.5) is 0 Å². The van der Waals surface area contributed by atoms with Crippen molar-refractivity contribution in [3.05, 3.63) is 34.2 Å². The number of aliphatic hydroxyl groups excluding tert-OH is 1. The van der Waals surface area contributed by atoms with E-state index in [-0.39, 0.29) is 17.8 Å². The molecule has 1 aromatic heterocycles. The highest BCUT2D eigenvalue weighted by atomic mass is 16.3. The van der Waals surface area contributed by atoms with Gasteiger partial charge in [-0.25, -0.2) is 4.79 Å². The van der Waals surface area contributed by atoms with Crippen LogP contribution in [0.25, 0.3) is 11.0 Å². The summed E-state index contributed by atoms with van der Waals surface area (Å²) in [5.41, 5.74) is 2.54. The zero-order valence-corrected chi connectivity index (χ0v) is 14.5. The highest BCUT2D eigenvalue weighted by molar-refractivity contribution is 5.75. The number of aliphatic hydroxyl groups is 1. The number of benzene rings is 1. The van der Waals surface area contributed by atoms with Crippen molar-refractivity contribution in [3.63, 3.8) is 0 Å². The average molecular weight is 332 g/mol. The molecule has 3 rings (SSSR count). The molecule has 2 aromatic rings. The van der Waals surface area contributed by atoms with Crippen LogP contribution in [0.1, 0.15) is 38.3 Å². The summed E-state index contributed by atoms with van der Waals surface area (Å²) in [6.45, 7) is 7.84. The van der Waals surface area contributed by atoms with Crippen molar-refractivity contribution in [2.75, 3.05) is 26.2 Å². The van der Waals surface area contributed by atoms with Crippen LogP contribution in [0, 0.1) is 5.92 Å². The molecule has 0 radical (unpaired) electrons. The number of fused-ring (bicyclic) bond motifs is 1. The number of likely N-dealkylation sites (tertiary alicyclic amines) is 1. The molecule has 6 nitrogen and oxygen atoms in total. The van der Waals surface area contributed by atoms with E-state index >= 15 is 0 Å². The zero-order chi connectivity index (χ0) is 17.1. The molecule has 1 aromatic carbocycles. The number of aromatic amines is 2. The molecule has 0 spiro atoms. The van der Waals surface area contributed by atoms with E-state index in [0.717, 1.165) is 42.1 Å². The molecule has 0 aliphatic carbocycles. The van der Waals surface area contributed by atoms with Crippen molar-refractivity contribution in [3.8, 4) is 0 Å². The van der Waals surface area contributed by atoms with E-state index in [1.54, 1.807) is 0 Å². The summed E-state index contributed by atoms with van der Waals surface area (Å²) in [6.07, 6.45) is 2.09. The number of H-pyrrole nitrogens is 2. The van der Waals surface area contributed by atoms with Gasteiger partial charge in [0.25, 0.3) is 0 Å². The lowest BCUT2D eigenvalue weighted by Crippen LogP contribution is -2.42. The summed E-state index contributed by atoms with van der Waals surface area (Å²) in [5.74, 6) is 0.811. The van der Waals surface area contributed by atoms with Gasteiger partial charge < -0.3 is 25.3 Å². The molecule has 1 aliphatic heterocycles. The number of β-amino-alcohol motifs (C(OH)–C–C–N with tert-alkyl or cyclic N) is 1. The monoisotopic (exact) mass is 332 g/mol. The van der Waals surface area contributed by atoms with Crippen molar-refractivity contribution in [2.24, 2.45) is 5.92 Å². The molecule has 2 atom stereocenters. The Morgan fingerprint density at radius 2 is 2.00 bits per heavy atom. The lowest BCUT2D eigenvalue weighted by Gasteiger charge is -2.32. The van der Waals surface area contributed by atoms with Crippen LogP contribution in [0.5, 0.6) is 0 Å². The first-order valence-electron chi connectivity index (χ1n) is 8.87. The van der Waals surface area contributed by atoms with Crippen LogP contribution >= 0.6 is 0 Å². The Labute approximate surface area is 142 Å². The SMILES string of the molecule is CC1CCN(CC(O)CNC(C)c2ccc3[nH]c(=O)[nH]c3c2)CC1. The van der Waals surface area contributed by atoms with Crippen LogP contribution < -0.4 is 11.0 Å². The van der Waals surface area contributed by atoms with E-state index in [0.29, 0.717) is 6.54 Å². The third-order valence-electron chi connectivity index (χ3n) is 5.04. The van der Waals surface area contributed by atoms with Gasteiger partial charge in [-0.1, -0.05) is 13.0 Å². The number of rotatable bonds is 6. The van der Waals surface area contributed by atoms with Gasteiger partial charge in [0.15, 0.2) is 0 Å². The summed E-state index contributed by atoms with van der Waals surface area (Å²) in [7, 11) is 0. The third-order valence-corrected chi connectivity index (χ3v) is 5.04. The topological polar surface area (TPSA) is 84.2 Å². The number of aromatic nitrogens is 2. The largest absolute Gasteiger partial charge is 0.390 e. The molecule has 6 heteroatoms. The standard InChI is InChI=1S/C18H28N4O2/c1-12-5-7-22(8-6-12)11-15(23)10-19-13(2)14-3-4-16-17(9-14)21-18(24)20-16/h3-4,9,12-13,15,19,23H,5-8,10-11H2,1-2H3,(H2,20,21,24). The van der Waals surface area contributed by atoms with Gasteiger partial charge >= 0.3 is 5.69 Å². The predicted molar refractivity (Wildman–Crippen MR) is 96.2 cm³/mol. The smallest absolute Gasteiger partial charge is 0.323 e. The Kier molecular flexibility index (Phi) is 5.38. The van der Waals surface area contributed by atoms with E-state index in [1.165, 1.54) is 12.8 Å². The third kappa shape index (κ3) is 4.26. The fraction of sp³-hybridized carbons (Fsp3) is 0.611. The first-order chi connectivity index (χ1) is 11.5. The Hall–Kier alpha value is -1.63. The molecule has 24 heavy (non-hydrogen) atoms. The minimum atomic E-state index is -0.364. The van der Waals surface area contributed by atoms with Gasteiger partial charge in [0, 0.05) is 19.1 Å². The first-order valence-corrected chi connectivity index (χ1v) is 8.87. The van der Waals surface area contributed by atoms with Crippen LogP contribution in [0.15, 0.2) is 23.0 Å². The number of nitrogens with zero attached hydrogens (tertiary/aromatic N) is 1. The van der Waals surface area contributed by atoms with E-state index in [4.69, 9.17) is 0 Å². The van der Waals surface area contributed by atoms with E-state index in [9.17, 15) is 9.90 Å². The quantitative estimate of drug-likeness (QED) is 0.647. The van der Waals surface area contributed by atoms with Crippen molar-refractivity contribution in [1.82, 2.24) is 20.2 Å². The molecule has 1 fully saturated rings. The first kappa shape index (κ1) is 17.2. The predicted octanol–water partition coefficient (Wildman–Crippen LogP) is 1.60. The molecular weight excluding hydrogens is 304 g/mol. The summed E-state index contributed by atoms with van der Waals surface area (Å²) in [6, 6.07) is 6.00. The second-order valence-corrected chi connectivity index (χ2v) is 7.15. The maximum atomic E-state index is 11.3. The second kappa shape index (κ2) is 7.51. The molecule has 1 saturated heterocycles. The van der Waals surface area contributed by atoms with E-state index < -0.39 is 0 Å². The van der Waals surface area contributed by atoms with Gasteiger partial charge in [-0.2, -0.15) is 0 Å². The molecule has 4 N–H and O–H groups in total. The van der Waals surface area contributed by atoms with Gasteiger partial charge in [-0.15, -0.1) is 0 Å².